The molecule has 0 aromatic heterocycles. The molecular weight excluding hydrogens is 428 g/mol. The number of hydrogen-bond donors (Lipinski definition) is 3. The number of nitrogens with two attached hydrogens (primary N) is 1. The van der Waals surface area contributed by atoms with Crippen molar-refractivity contribution in [2.24, 2.45) is 5.73 Å². The highest BCUT2D eigenvalue weighted by Crippen LogP contribution is 2.32. The van der Waals surface area contributed by atoms with Crippen LogP contribution in [0, 0.1) is 0 Å². The molecule has 0 spiro atoms. The van der Waals surface area contributed by atoms with Gasteiger partial charge in [-0.2, -0.15) is 0 Å². The van der Waals surface area contributed by atoms with Crippen molar-refractivity contribution < 1.29 is 19.4 Å². The van der Waals surface area contributed by atoms with Crippen molar-refractivity contribution in [3.63, 3.8) is 0 Å². The van der Waals surface area contributed by atoms with Gasteiger partial charge < -0.3 is 20.9 Å². The highest BCUT2D eigenvalue weighted by molar-refractivity contribution is 6.04. The fourth-order valence-corrected chi connectivity index (χ4v) is 4.40. The molecule has 34 heavy (non-hydrogen) atoms. The van der Waals surface area contributed by atoms with Gasteiger partial charge in [0, 0.05) is 11.4 Å². The monoisotopic (exact) mass is 470 g/mol. The molecule has 4 N–H and O–H groups in total. The van der Waals surface area contributed by atoms with Crippen LogP contribution in [-0.4, -0.2) is 35.7 Å². The molecule has 0 aliphatic heterocycles. The first-order valence-corrected chi connectivity index (χ1v) is 12.8. The zero-order chi connectivity index (χ0) is 24.9. The number of rotatable bonds is 16. The third-order valence-electron chi connectivity index (χ3n) is 6.10. The average molecular weight is 471 g/mol. The third-order valence-corrected chi connectivity index (χ3v) is 6.10. The van der Waals surface area contributed by atoms with E-state index in [-0.39, 0.29) is 36.0 Å². The van der Waals surface area contributed by atoms with Crippen molar-refractivity contribution in [1.29, 1.82) is 0 Å². The van der Waals surface area contributed by atoms with E-state index in [4.69, 9.17) is 10.5 Å². The summed E-state index contributed by atoms with van der Waals surface area (Å²) in [5, 5.41) is 15.0. The molecule has 0 heterocycles. The van der Waals surface area contributed by atoms with Crippen molar-refractivity contribution >= 4 is 22.6 Å². The van der Waals surface area contributed by atoms with Crippen molar-refractivity contribution in [2.45, 2.75) is 97.1 Å². The summed E-state index contributed by atoms with van der Waals surface area (Å²) in [6.07, 6.45) is 10.3. The van der Waals surface area contributed by atoms with Gasteiger partial charge in [0.1, 0.15) is 12.4 Å². The lowest BCUT2D eigenvalue weighted by molar-refractivity contribution is -0.128. The van der Waals surface area contributed by atoms with Crippen molar-refractivity contribution in [3.8, 4) is 5.75 Å². The van der Waals surface area contributed by atoms with E-state index in [1.165, 1.54) is 32.1 Å². The SMILES string of the molecule is CCCCCCCCC(CCCc1cc2ccccc2c(O)c1C(N)=O)OCC(=O)NC(C)C. The van der Waals surface area contributed by atoms with Gasteiger partial charge in [-0.15, -0.1) is 0 Å². The Bertz CT molecular complexity index is 926. The minimum atomic E-state index is -0.622. The van der Waals surface area contributed by atoms with Crippen LogP contribution in [0.1, 0.15) is 94.5 Å². The molecule has 2 rings (SSSR count). The van der Waals surface area contributed by atoms with Gasteiger partial charge in [0.2, 0.25) is 5.91 Å². The predicted octanol–water partition coefficient (Wildman–Crippen LogP) is 5.63. The molecule has 0 radical (unpaired) electrons. The highest BCUT2D eigenvalue weighted by atomic mass is 16.5. The maximum absolute atomic E-state index is 12.1. The first-order chi connectivity index (χ1) is 16.3. The van der Waals surface area contributed by atoms with Gasteiger partial charge in [0.15, 0.2) is 0 Å². The van der Waals surface area contributed by atoms with E-state index >= 15 is 0 Å². The van der Waals surface area contributed by atoms with Crippen LogP contribution in [0.25, 0.3) is 10.8 Å². The summed E-state index contributed by atoms with van der Waals surface area (Å²) in [7, 11) is 0. The molecule has 0 fully saturated rings. The van der Waals surface area contributed by atoms with Crippen LogP contribution in [0.2, 0.25) is 0 Å². The molecule has 0 aliphatic rings. The maximum Gasteiger partial charge on any atom is 0.252 e. The number of unbranched alkanes of at least 4 members (excludes halogenated alkanes) is 5. The number of ether oxygens (including phenoxy) is 1. The number of hydrogen-bond acceptors (Lipinski definition) is 4. The number of primary amides is 1. The van der Waals surface area contributed by atoms with Gasteiger partial charge in [-0.05, 0) is 50.5 Å². The Morgan fingerprint density at radius 1 is 1.03 bits per heavy atom. The fraction of sp³-hybridized carbons (Fsp3) is 0.571. The van der Waals surface area contributed by atoms with Gasteiger partial charge >= 0.3 is 0 Å². The lowest BCUT2D eigenvalue weighted by Gasteiger charge is -2.19. The summed E-state index contributed by atoms with van der Waals surface area (Å²) < 4.78 is 5.99. The Morgan fingerprint density at radius 3 is 2.41 bits per heavy atom. The number of aryl methyl sites for hydroxylation is 1. The molecule has 2 aromatic rings. The Kier molecular flexibility index (Phi) is 11.9. The number of benzene rings is 2. The molecule has 0 saturated carbocycles. The summed E-state index contributed by atoms with van der Waals surface area (Å²) in [5.41, 5.74) is 6.55. The number of phenols is 1. The minimum Gasteiger partial charge on any atom is -0.506 e. The Balaban J connectivity index is 2.00. The molecule has 2 aromatic carbocycles. The van der Waals surface area contributed by atoms with E-state index in [1.54, 1.807) is 6.07 Å². The summed E-state index contributed by atoms with van der Waals surface area (Å²) in [4.78, 5) is 24.2. The summed E-state index contributed by atoms with van der Waals surface area (Å²) in [6.45, 7) is 6.13. The van der Waals surface area contributed by atoms with E-state index in [9.17, 15) is 14.7 Å². The molecule has 188 valence electrons. The van der Waals surface area contributed by atoms with Crippen LogP contribution >= 0.6 is 0 Å². The van der Waals surface area contributed by atoms with E-state index in [2.05, 4.69) is 12.2 Å². The van der Waals surface area contributed by atoms with Crippen molar-refractivity contribution in [2.75, 3.05) is 6.61 Å². The standard InChI is InChI=1S/C28H42N2O4/c1-4-5-6-7-8-9-15-23(34-19-25(31)30-20(2)3)16-12-14-22-18-21-13-10-11-17-24(21)27(32)26(22)28(29)33/h10-11,13,17-18,20,23,32H,4-9,12,14-16,19H2,1-3H3,(H2,29,33)(H,30,31). The second-order valence-electron chi connectivity index (χ2n) is 9.45. The molecule has 2 amide bonds. The first kappa shape index (κ1) is 27.6. The molecule has 1 unspecified atom stereocenters. The zero-order valence-electron chi connectivity index (χ0n) is 21.1. The Labute approximate surface area is 204 Å². The van der Waals surface area contributed by atoms with Crippen molar-refractivity contribution in [1.82, 2.24) is 5.32 Å². The van der Waals surface area contributed by atoms with Crippen LogP contribution in [0.15, 0.2) is 30.3 Å². The number of carbonyl (C=O) groups excluding carboxylic acids is 2. The molecule has 6 nitrogen and oxygen atoms in total. The van der Waals surface area contributed by atoms with Crippen LogP contribution < -0.4 is 11.1 Å². The highest BCUT2D eigenvalue weighted by Gasteiger charge is 2.18. The first-order valence-electron chi connectivity index (χ1n) is 12.8. The summed E-state index contributed by atoms with van der Waals surface area (Å²) in [6, 6.07) is 9.46. The van der Waals surface area contributed by atoms with Gasteiger partial charge in [0.25, 0.3) is 5.91 Å². The van der Waals surface area contributed by atoms with Gasteiger partial charge in [-0.3, -0.25) is 9.59 Å². The van der Waals surface area contributed by atoms with E-state index in [0.29, 0.717) is 11.8 Å². The number of fused-ring (bicyclic) bond motifs is 1. The number of carbonyl (C=O) groups is 2. The molecule has 0 aliphatic carbocycles. The van der Waals surface area contributed by atoms with Crippen molar-refractivity contribution in [3.05, 3.63) is 41.5 Å². The quantitative estimate of drug-likeness (QED) is 0.277. The van der Waals surface area contributed by atoms with Gasteiger partial charge in [-0.25, -0.2) is 0 Å². The third kappa shape index (κ3) is 8.98. The van der Waals surface area contributed by atoms with E-state index < -0.39 is 5.91 Å². The van der Waals surface area contributed by atoms with Gasteiger partial charge in [0.05, 0.1) is 11.7 Å². The largest absolute Gasteiger partial charge is 0.506 e. The van der Waals surface area contributed by atoms with E-state index in [0.717, 1.165) is 36.6 Å². The lowest BCUT2D eigenvalue weighted by Crippen LogP contribution is -2.34. The topological polar surface area (TPSA) is 102 Å². The number of aromatic hydroxyl groups is 1. The average Bonchev–Trinajstić information content (AvgIpc) is 2.78. The predicted molar refractivity (Wildman–Crippen MR) is 138 cm³/mol. The normalized spacial score (nSPS) is 12.2. The molecular formula is C28H42N2O4. The van der Waals surface area contributed by atoms with Gasteiger partial charge in [-0.1, -0.05) is 75.8 Å². The summed E-state index contributed by atoms with van der Waals surface area (Å²) in [5.74, 6) is -0.771. The fourth-order valence-electron chi connectivity index (χ4n) is 4.40. The minimum absolute atomic E-state index is 0.0184. The molecule has 1 atom stereocenters. The molecule has 6 heteroatoms. The van der Waals surface area contributed by atoms with Crippen LogP contribution in [0.4, 0.5) is 0 Å². The maximum atomic E-state index is 12.1. The van der Waals surface area contributed by atoms with Crippen LogP contribution in [0.5, 0.6) is 5.75 Å². The second kappa shape index (κ2) is 14.6. The second-order valence-corrected chi connectivity index (χ2v) is 9.45. The summed E-state index contributed by atoms with van der Waals surface area (Å²) >= 11 is 0. The smallest absolute Gasteiger partial charge is 0.252 e. The number of amides is 2. The Morgan fingerprint density at radius 2 is 1.71 bits per heavy atom. The lowest BCUT2D eigenvalue weighted by atomic mass is 9.94. The molecule has 0 bridgehead atoms. The van der Waals surface area contributed by atoms with Crippen LogP contribution in [0.3, 0.4) is 0 Å². The van der Waals surface area contributed by atoms with Crippen LogP contribution in [-0.2, 0) is 16.0 Å². The van der Waals surface area contributed by atoms with E-state index in [1.807, 2.05) is 38.1 Å². The zero-order valence-corrected chi connectivity index (χ0v) is 21.1. The number of nitrogens with one attached hydrogen (secondary N) is 1. The molecule has 0 saturated heterocycles. The Hall–Kier alpha value is -2.60.